The zero-order valence-corrected chi connectivity index (χ0v) is 23.4. The summed E-state index contributed by atoms with van der Waals surface area (Å²) in [5, 5.41) is 19.6. The zero-order chi connectivity index (χ0) is 27.8. The van der Waals surface area contributed by atoms with Gasteiger partial charge < -0.3 is 9.84 Å². The number of benzene rings is 2. The van der Waals surface area contributed by atoms with Crippen LogP contribution in [0.1, 0.15) is 84.6 Å². The molecule has 40 heavy (non-hydrogen) atoms. The summed E-state index contributed by atoms with van der Waals surface area (Å²) < 4.78 is 6.66. The van der Waals surface area contributed by atoms with Crippen molar-refractivity contribution in [3.8, 4) is 22.9 Å². The van der Waals surface area contributed by atoms with Crippen LogP contribution in [-0.4, -0.2) is 34.0 Å². The minimum Gasteiger partial charge on any atom is -0.485 e. The predicted octanol–water partition coefficient (Wildman–Crippen LogP) is 6.81. The van der Waals surface area contributed by atoms with E-state index in [9.17, 15) is 15.2 Å². The van der Waals surface area contributed by atoms with Gasteiger partial charge in [0, 0.05) is 24.0 Å². The van der Waals surface area contributed by atoms with E-state index in [1.165, 1.54) is 24.0 Å². The molecule has 3 aromatic rings. The Balaban J connectivity index is 1.32. The maximum Gasteiger partial charge on any atom is 0.306 e. The standard InChI is InChI=1S/C34H37N3O3/c1-21-15-30(28(18-35)19-36-21)29-11-9-25(16-27(29)20-37-13-3-4-14-37)31-12-10-23-5-8-26(17-32(23)40-31)33(24-6-7-24)22(2)34(38)39/h5,8-9,11,15-17,19,22,24,31,33H,3-4,6-7,10,12-14,20H2,1-2H3,(H,38,39)/t22-,31?,33-/m0/s1. The smallest absolute Gasteiger partial charge is 0.306 e. The first kappa shape index (κ1) is 26.5. The molecular formula is C34H37N3O3. The van der Waals surface area contributed by atoms with E-state index in [2.05, 4.69) is 52.4 Å². The van der Waals surface area contributed by atoms with Crippen LogP contribution in [0.5, 0.6) is 5.75 Å². The first-order chi connectivity index (χ1) is 19.4. The van der Waals surface area contributed by atoms with Gasteiger partial charge in [-0.25, -0.2) is 0 Å². The highest BCUT2D eigenvalue weighted by molar-refractivity contribution is 5.74. The Kier molecular flexibility index (Phi) is 7.33. The molecule has 1 saturated heterocycles. The van der Waals surface area contributed by atoms with E-state index in [1.54, 1.807) is 6.20 Å². The van der Waals surface area contributed by atoms with Crippen LogP contribution in [0.2, 0.25) is 0 Å². The molecule has 3 atom stereocenters. The average molecular weight is 536 g/mol. The lowest BCUT2D eigenvalue weighted by atomic mass is 9.82. The second kappa shape index (κ2) is 11.1. The number of nitrogens with zero attached hydrogens (tertiary/aromatic N) is 3. The second-order valence-electron chi connectivity index (χ2n) is 11.9. The number of likely N-dealkylation sites (tertiary alicyclic amines) is 1. The zero-order valence-electron chi connectivity index (χ0n) is 23.4. The van der Waals surface area contributed by atoms with Crippen LogP contribution in [0.4, 0.5) is 0 Å². The number of rotatable bonds is 8. The normalized spacial score (nSPS) is 20.3. The number of fused-ring (bicyclic) bond motifs is 1. The molecule has 6 nitrogen and oxygen atoms in total. The third-order valence-electron chi connectivity index (χ3n) is 9.02. The van der Waals surface area contributed by atoms with Gasteiger partial charge in [0.25, 0.3) is 0 Å². The van der Waals surface area contributed by atoms with Crippen molar-refractivity contribution in [2.45, 2.75) is 70.9 Å². The maximum absolute atomic E-state index is 11.9. The summed E-state index contributed by atoms with van der Waals surface area (Å²) in [6, 6.07) is 17.3. The van der Waals surface area contributed by atoms with E-state index in [0.29, 0.717) is 11.5 Å². The second-order valence-corrected chi connectivity index (χ2v) is 11.9. The van der Waals surface area contributed by atoms with Crippen LogP contribution in [0, 0.1) is 30.1 Å². The van der Waals surface area contributed by atoms with Gasteiger partial charge in [0.1, 0.15) is 17.9 Å². The summed E-state index contributed by atoms with van der Waals surface area (Å²) in [5.41, 5.74) is 8.16. The van der Waals surface area contributed by atoms with Crippen LogP contribution in [0.15, 0.2) is 48.7 Å². The molecule has 1 N–H and O–H groups in total. The summed E-state index contributed by atoms with van der Waals surface area (Å²) in [6.07, 6.45) is 8.06. The predicted molar refractivity (Wildman–Crippen MR) is 154 cm³/mol. The average Bonchev–Trinajstić information content (AvgIpc) is 3.66. The maximum atomic E-state index is 11.9. The molecule has 3 heterocycles. The quantitative estimate of drug-likeness (QED) is 0.341. The molecule has 6 heteroatoms. The Morgan fingerprint density at radius 2 is 1.93 bits per heavy atom. The number of nitriles is 1. The third-order valence-corrected chi connectivity index (χ3v) is 9.02. The Labute approximate surface area is 236 Å². The van der Waals surface area contributed by atoms with Crippen molar-refractivity contribution in [2.24, 2.45) is 11.8 Å². The van der Waals surface area contributed by atoms with Crippen molar-refractivity contribution in [3.05, 3.63) is 82.2 Å². The molecule has 1 aromatic heterocycles. The molecule has 1 unspecified atom stereocenters. The number of ether oxygens (including phenoxy) is 1. The molecule has 1 aliphatic carbocycles. The number of aryl methyl sites for hydroxylation is 2. The summed E-state index contributed by atoms with van der Waals surface area (Å²) in [5.74, 6) is 0.207. The lowest BCUT2D eigenvalue weighted by Gasteiger charge is -2.29. The van der Waals surface area contributed by atoms with Crippen molar-refractivity contribution >= 4 is 5.97 Å². The molecule has 0 amide bonds. The Bertz CT molecular complexity index is 1470. The molecule has 6 rings (SSSR count). The van der Waals surface area contributed by atoms with Gasteiger partial charge in [-0.2, -0.15) is 5.26 Å². The number of hydrogen-bond acceptors (Lipinski definition) is 5. The van der Waals surface area contributed by atoms with Gasteiger partial charge in [-0.3, -0.25) is 14.7 Å². The number of aliphatic carboxylic acids is 1. The molecule has 2 aliphatic heterocycles. The van der Waals surface area contributed by atoms with E-state index in [1.807, 2.05) is 19.9 Å². The van der Waals surface area contributed by atoms with E-state index in [0.717, 1.165) is 79.0 Å². The van der Waals surface area contributed by atoms with E-state index in [-0.39, 0.29) is 12.0 Å². The summed E-state index contributed by atoms with van der Waals surface area (Å²) in [6.45, 7) is 6.83. The fraction of sp³-hybridized carbons (Fsp3) is 0.441. The van der Waals surface area contributed by atoms with Crippen molar-refractivity contribution in [2.75, 3.05) is 13.1 Å². The Morgan fingerprint density at radius 3 is 2.65 bits per heavy atom. The minimum atomic E-state index is -0.733. The van der Waals surface area contributed by atoms with Gasteiger partial charge in [0.15, 0.2) is 0 Å². The largest absolute Gasteiger partial charge is 0.485 e. The molecule has 2 fully saturated rings. The summed E-state index contributed by atoms with van der Waals surface area (Å²) >= 11 is 0. The van der Waals surface area contributed by atoms with Crippen LogP contribution in [0.25, 0.3) is 11.1 Å². The van der Waals surface area contributed by atoms with Gasteiger partial charge in [-0.05, 0) is 110 Å². The van der Waals surface area contributed by atoms with Gasteiger partial charge in [-0.15, -0.1) is 0 Å². The molecule has 206 valence electrons. The first-order valence-electron chi connectivity index (χ1n) is 14.7. The fourth-order valence-electron chi connectivity index (χ4n) is 6.67. The number of pyridine rings is 1. The van der Waals surface area contributed by atoms with Gasteiger partial charge in [0.2, 0.25) is 0 Å². The van der Waals surface area contributed by atoms with Crippen LogP contribution in [-0.2, 0) is 17.8 Å². The topological polar surface area (TPSA) is 86.5 Å². The molecule has 0 spiro atoms. The van der Waals surface area contributed by atoms with Gasteiger partial charge in [-0.1, -0.05) is 37.3 Å². The monoisotopic (exact) mass is 535 g/mol. The lowest BCUT2D eigenvalue weighted by Crippen LogP contribution is -2.22. The van der Waals surface area contributed by atoms with E-state index >= 15 is 0 Å². The van der Waals surface area contributed by atoms with Crippen LogP contribution < -0.4 is 4.74 Å². The molecule has 3 aliphatic rings. The van der Waals surface area contributed by atoms with E-state index in [4.69, 9.17) is 4.74 Å². The number of carbonyl (C=O) groups is 1. The molecule has 2 aromatic carbocycles. The third kappa shape index (κ3) is 5.36. The van der Waals surface area contributed by atoms with Gasteiger partial charge in [0.05, 0.1) is 11.5 Å². The summed E-state index contributed by atoms with van der Waals surface area (Å²) in [4.78, 5) is 18.7. The molecule has 1 saturated carbocycles. The Hall–Kier alpha value is -3.69. The van der Waals surface area contributed by atoms with Crippen LogP contribution in [0.3, 0.4) is 0 Å². The lowest BCUT2D eigenvalue weighted by molar-refractivity contribution is -0.142. The fourth-order valence-corrected chi connectivity index (χ4v) is 6.67. The molecular weight excluding hydrogens is 498 g/mol. The number of aromatic nitrogens is 1. The van der Waals surface area contributed by atoms with Crippen molar-refractivity contribution in [3.63, 3.8) is 0 Å². The number of carboxylic acid groups (broad SMARTS) is 1. The summed E-state index contributed by atoms with van der Waals surface area (Å²) in [7, 11) is 0. The Morgan fingerprint density at radius 1 is 1.12 bits per heavy atom. The van der Waals surface area contributed by atoms with Crippen molar-refractivity contribution in [1.29, 1.82) is 5.26 Å². The molecule has 0 radical (unpaired) electrons. The first-order valence-corrected chi connectivity index (χ1v) is 14.7. The van der Waals surface area contributed by atoms with Crippen molar-refractivity contribution in [1.82, 2.24) is 9.88 Å². The number of carboxylic acids is 1. The van der Waals surface area contributed by atoms with Gasteiger partial charge >= 0.3 is 5.97 Å². The van der Waals surface area contributed by atoms with Crippen LogP contribution >= 0.6 is 0 Å². The highest BCUT2D eigenvalue weighted by Crippen LogP contribution is 2.48. The highest BCUT2D eigenvalue weighted by atomic mass is 16.5. The highest BCUT2D eigenvalue weighted by Gasteiger charge is 2.39. The van der Waals surface area contributed by atoms with E-state index < -0.39 is 11.9 Å². The minimum absolute atomic E-state index is 0.0243. The number of hydrogen-bond donors (Lipinski definition) is 1. The SMILES string of the molecule is Cc1cc(-c2ccc(C3CCc4ccc([C@H](C5CC5)[C@H](C)C(=O)O)cc4O3)cc2CN2CCCC2)c(C#N)cn1. The molecule has 0 bridgehead atoms. The van der Waals surface area contributed by atoms with Crippen molar-refractivity contribution < 1.29 is 14.6 Å².